The number of allylic oxidation sites excluding steroid dienone is 3. The summed E-state index contributed by atoms with van der Waals surface area (Å²) < 4.78 is 5.59. The number of aryl methyl sites for hydroxylation is 1. The Morgan fingerprint density at radius 1 is 1.06 bits per heavy atom. The van der Waals surface area contributed by atoms with Crippen LogP contribution in [0.1, 0.15) is 48.5 Å². The van der Waals surface area contributed by atoms with Gasteiger partial charge in [-0.15, -0.1) is 0 Å². The lowest BCUT2D eigenvalue weighted by atomic mass is 9.72. The van der Waals surface area contributed by atoms with Crippen LogP contribution >= 0.6 is 0 Å². The van der Waals surface area contributed by atoms with Gasteiger partial charge in [-0.2, -0.15) is 0 Å². The van der Waals surface area contributed by atoms with Crippen molar-refractivity contribution in [1.82, 2.24) is 10.3 Å². The topological polar surface area (TPSA) is 84.2 Å². The summed E-state index contributed by atoms with van der Waals surface area (Å²) in [4.78, 5) is 31.2. The molecule has 5 rings (SSSR count). The molecule has 2 atom stereocenters. The lowest BCUT2D eigenvalue weighted by Crippen LogP contribution is -2.37. The van der Waals surface area contributed by atoms with E-state index in [4.69, 9.17) is 4.42 Å². The number of benzene rings is 1. The van der Waals surface area contributed by atoms with Crippen LogP contribution < -0.4 is 10.6 Å². The minimum atomic E-state index is -0.449. The van der Waals surface area contributed by atoms with E-state index >= 15 is 0 Å². The fraction of sp³-hybridized carbons (Fsp3) is 0.222. The van der Waals surface area contributed by atoms with Crippen LogP contribution in [0.5, 0.6) is 0 Å². The molecule has 1 aliphatic heterocycles. The SMILES string of the molecule is CC1=C(C(=O)Nc2ccccn2)[C@@H](c2ccc(C)cc2)C2=C(C[C@@H](c3ccco3)CC2=O)N1. The Balaban J connectivity index is 1.57. The van der Waals surface area contributed by atoms with Gasteiger partial charge in [0.25, 0.3) is 5.91 Å². The molecule has 2 N–H and O–H groups in total. The van der Waals surface area contributed by atoms with E-state index in [1.54, 1.807) is 24.6 Å². The van der Waals surface area contributed by atoms with Gasteiger partial charge in [0.15, 0.2) is 5.78 Å². The Kier molecular flexibility index (Phi) is 5.42. The van der Waals surface area contributed by atoms with Gasteiger partial charge in [0.1, 0.15) is 11.6 Å². The number of nitrogens with one attached hydrogen (secondary N) is 2. The number of ketones is 1. The maximum absolute atomic E-state index is 13.5. The lowest BCUT2D eigenvalue weighted by Gasteiger charge is -2.36. The molecule has 166 valence electrons. The van der Waals surface area contributed by atoms with E-state index in [1.165, 1.54) is 0 Å². The van der Waals surface area contributed by atoms with Crippen molar-refractivity contribution in [2.45, 2.75) is 38.5 Å². The number of pyridine rings is 1. The number of anilines is 1. The first kappa shape index (κ1) is 20.9. The van der Waals surface area contributed by atoms with Gasteiger partial charge in [-0.25, -0.2) is 4.98 Å². The first-order chi connectivity index (χ1) is 16.0. The number of carbonyl (C=O) groups is 2. The number of amides is 1. The van der Waals surface area contributed by atoms with Crippen molar-refractivity contribution in [2.75, 3.05) is 5.32 Å². The van der Waals surface area contributed by atoms with Gasteiger partial charge in [-0.05, 0) is 50.1 Å². The summed E-state index contributed by atoms with van der Waals surface area (Å²) in [6, 6.07) is 17.2. The molecule has 0 fully saturated rings. The third-order valence-electron chi connectivity index (χ3n) is 6.33. The van der Waals surface area contributed by atoms with Crippen LogP contribution in [-0.4, -0.2) is 16.7 Å². The standard InChI is InChI=1S/C27H25N3O3/c1-16-8-10-18(11-9-16)25-24(27(32)30-23-7-3-4-12-28-23)17(2)29-20-14-19(15-21(31)26(20)25)22-6-5-13-33-22/h3-13,19,25,29H,14-15H2,1-2H3,(H,28,30,32)/t19-,25-/m1/s1. The molecule has 2 aliphatic rings. The van der Waals surface area contributed by atoms with Gasteiger partial charge >= 0.3 is 0 Å². The van der Waals surface area contributed by atoms with Crippen molar-refractivity contribution < 1.29 is 14.0 Å². The molecule has 1 aliphatic carbocycles. The second-order valence-corrected chi connectivity index (χ2v) is 8.61. The molecule has 6 nitrogen and oxygen atoms in total. The molecule has 3 aromatic rings. The highest BCUT2D eigenvalue weighted by molar-refractivity contribution is 6.09. The van der Waals surface area contributed by atoms with E-state index < -0.39 is 5.92 Å². The molecule has 0 saturated carbocycles. The Labute approximate surface area is 192 Å². The van der Waals surface area contributed by atoms with Gasteiger partial charge in [-0.3, -0.25) is 9.59 Å². The summed E-state index contributed by atoms with van der Waals surface area (Å²) in [6.45, 7) is 3.91. The number of hydrogen-bond donors (Lipinski definition) is 2. The van der Waals surface area contributed by atoms with Crippen LogP contribution in [0, 0.1) is 6.92 Å². The number of Topliss-reactive ketones (excluding diaryl/α,β-unsaturated/α-hetero) is 1. The van der Waals surface area contributed by atoms with Crippen molar-refractivity contribution in [3.05, 3.63) is 106 Å². The number of carbonyl (C=O) groups excluding carboxylic acids is 2. The predicted octanol–water partition coefficient (Wildman–Crippen LogP) is 4.98. The molecule has 0 unspecified atom stereocenters. The summed E-state index contributed by atoms with van der Waals surface area (Å²) in [5, 5.41) is 6.28. The Bertz CT molecular complexity index is 1260. The zero-order chi connectivity index (χ0) is 22.9. The van der Waals surface area contributed by atoms with Gasteiger partial charge in [0.05, 0.1) is 6.26 Å². The van der Waals surface area contributed by atoms with Gasteiger partial charge < -0.3 is 15.1 Å². The van der Waals surface area contributed by atoms with E-state index in [2.05, 4.69) is 15.6 Å². The summed E-state index contributed by atoms with van der Waals surface area (Å²) in [6.07, 6.45) is 4.28. The average molecular weight is 440 g/mol. The Hall–Kier alpha value is -3.93. The van der Waals surface area contributed by atoms with Gasteiger partial charge in [0.2, 0.25) is 0 Å². The van der Waals surface area contributed by atoms with Crippen molar-refractivity contribution >= 4 is 17.5 Å². The minimum absolute atomic E-state index is 0.0193. The monoisotopic (exact) mass is 439 g/mol. The number of furan rings is 1. The first-order valence-electron chi connectivity index (χ1n) is 11.1. The summed E-state index contributed by atoms with van der Waals surface area (Å²) >= 11 is 0. The number of nitrogens with zero attached hydrogens (tertiary/aromatic N) is 1. The molecule has 0 saturated heterocycles. The van der Waals surface area contributed by atoms with Crippen LogP contribution in [0.3, 0.4) is 0 Å². The summed E-state index contributed by atoms with van der Waals surface area (Å²) in [7, 11) is 0. The molecule has 2 aromatic heterocycles. The minimum Gasteiger partial charge on any atom is -0.469 e. The molecule has 1 amide bonds. The Morgan fingerprint density at radius 2 is 1.88 bits per heavy atom. The number of rotatable bonds is 4. The van der Waals surface area contributed by atoms with Crippen LogP contribution in [0.4, 0.5) is 5.82 Å². The molecular formula is C27H25N3O3. The van der Waals surface area contributed by atoms with E-state index in [1.807, 2.05) is 56.3 Å². The number of hydrogen-bond acceptors (Lipinski definition) is 5. The Morgan fingerprint density at radius 3 is 2.58 bits per heavy atom. The quantitative estimate of drug-likeness (QED) is 0.599. The number of aromatic nitrogens is 1. The van der Waals surface area contributed by atoms with E-state index in [0.29, 0.717) is 29.8 Å². The average Bonchev–Trinajstić information content (AvgIpc) is 3.34. The van der Waals surface area contributed by atoms with E-state index in [9.17, 15) is 9.59 Å². The zero-order valence-corrected chi connectivity index (χ0v) is 18.6. The largest absolute Gasteiger partial charge is 0.469 e. The molecule has 6 heteroatoms. The fourth-order valence-corrected chi connectivity index (χ4v) is 4.78. The van der Waals surface area contributed by atoms with Crippen LogP contribution in [0.2, 0.25) is 0 Å². The zero-order valence-electron chi connectivity index (χ0n) is 18.6. The predicted molar refractivity (Wildman–Crippen MR) is 125 cm³/mol. The summed E-state index contributed by atoms with van der Waals surface area (Å²) in [5.41, 5.74) is 4.84. The summed E-state index contributed by atoms with van der Waals surface area (Å²) in [5.74, 6) is 0.579. The normalized spacial score (nSPS) is 20.4. The highest BCUT2D eigenvalue weighted by Gasteiger charge is 2.41. The maximum atomic E-state index is 13.5. The smallest absolute Gasteiger partial charge is 0.255 e. The van der Waals surface area contributed by atoms with Gasteiger partial charge in [-0.1, -0.05) is 35.9 Å². The fourth-order valence-electron chi connectivity index (χ4n) is 4.78. The van der Waals surface area contributed by atoms with Crippen LogP contribution in [-0.2, 0) is 9.59 Å². The second kappa shape index (κ2) is 8.54. The first-order valence-corrected chi connectivity index (χ1v) is 11.1. The number of dihydropyridines is 1. The second-order valence-electron chi connectivity index (χ2n) is 8.61. The maximum Gasteiger partial charge on any atom is 0.255 e. The van der Waals surface area contributed by atoms with Crippen molar-refractivity contribution in [3.63, 3.8) is 0 Å². The molecular weight excluding hydrogens is 414 g/mol. The molecule has 1 aromatic carbocycles. The van der Waals surface area contributed by atoms with E-state index in [-0.39, 0.29) is 17.6 Å². The van der Waals surface area contributed by atoms with Crippen molar-refractivity contribution in [2.24, 2.45) is 0 Å². The molecule has 33 heavy (non-hydrogen) atoms. The molecule has 0 bridgehead atoms. The van der Waals surface area contributed by atoms with Gasteiger partial charge in [0, 0.05) is 47.0 Å². The van der Waals surface area contributed by atoms with Crippen molar-refractivity contribution in [3.8, 4) is 0 Å². The molecule has 0 radical (unpaired) electrons. The highest BCUT2D eigenvalue weighted by atomic mass is 16.3. The van der Waals surface area contributed by atoms with Crippen molar-refractivity contribution in [1.29, 1.82) is 0 Å². The van der Waals surface area contributed by atoms with Crippen LogP contribution in [0.15, 0.2) is 94.0 Å². The third-order valence-corrected chi connectivity index (χ3v) is 6.33. The highest BCUT2D eigenvalue weighted by Crippen LogP contribution is 2.45. The molecule has 0 spiro atoms. The molecule has 3 heterocycles. The van der Waals surface area contributed by atoms with E-state index in [0.717, 1.165) is 28.3 Å². The third kappa shape index (κ3) is 4.00. The lowest BCUT2D eigenvalue weighted by molar-refractivity contribution is -0.116. The van der Waals surface area contributed by atoms with Crippen LogP contribution in [0.25, 0.3) is 0 Å².